The highest BCUT2D eigenvalue weighted by Crippen LogP contribution is 2.37. The zero-order valence-electron chi connectivity index (χ0n) is 19.9. The fourth-order valence-electron chi connectivity index (χ4n) is 5.40. The number of hydrogen-bond acceptors (Lipinski definition) is 3. The SMILES string of the molecule is CCc1ccc(C2(O)CCN(CCCC(CN)(c3ccccc3)c3ccccc3)CC2)cc1. The van der Waals surface area contributed by atoms with E-state index < -0.39 is 5.60 Å². The van der Waals surface area contributed by atoms with Gasteiger partial charge < -0.3 is 15.7 Å². The van der Waals surface area contributed by atoms with Crippen LogP contribution in [-0.4, -0.2) is 36.2 Å². The van der Waals surface area contributed by atoms with Crippen LogP contribution in [0.25, 0.3) is 0 Å². The molecule has 0 amide bonds. The molecule has 1 saturated heterocycles. The molecule has 0 aliphatic carbocycles. The largest absolute Gasteiger partial charge is 0.385 e. The highest BCUT2D eigenvalue weighted by atomic mass is 16.3. The molecular weight excluding hydrogens is 404 g/mol. The van der Waals surface area contributed by atoms with E-state index in [2.05, 4.69) is 96.8 Å². The molecule has 1 fully saturated rings. The van der Waals surface area contributed by atoms with Crippen molar-refractivity contribution < 1.29 is 5.11 Å². The van der Waals surface area contributed by atoms with E-state index in [9.17, 15) is 5.11 Å². The Morgan fingerprint density at radius 2 is 1.39 bits per heavy atom. The summed E-state index contributed by atoms with van der Waals surface area (Å²) in [5, 5.41) is 11.3. The summed E-state index contributed by atoms with van der Waals surface area (Å²) in [6.45, 7) is 5.65. The molecular formula is C30H38N2O. The van der Waals surface area contributed by atoms with Crippen LogP contribution in [0.5, 0.6) is 0 Å². The van der Waals surface area contributed by atoms with Crippen LogP contribution >= 0.6 is 0 Å². The molecule has 3 aromatic rings. The van der Waals surface area contributed by atoms with Gasteiger partial charge in [-0.25, -0.2) is 0 Å². The molecule has 3 nitrogen and oxygen atoms in total. The molecule has 3 heteroatoms. The average Bonchev–Trinajstić information content (AvgIpc) is 2.89. The van der Waals surface area contributed by atoms with Gasteiger partial charge in [0.2, 0.25) is 0 Å². The molecule has 1 aliphatic rings. The molecule has 0 aromatic heterocycles. The molecule has 33 heavy (non-hydrogen) atoms. The number of benzene rings is 3. The normalized spacial score (nSPS) is 16.6. The first-order chi connectivity index (χ1) is 16.1. The van der Waals surface area contributed by atoms with Gasteiger partial charge in [0.15, 0.2) is 0 Å². The molecule has 0 bridgehead atoms. The molecule has 0 unspecified atom stereocenters. The van der Waals surface area contributed by atoms with Crippen molar-refractivity contribution in [2.24, 2.45) is 5.73 Å². The monoisotopic (exact) mass is 442 g/mol. The number of piperidine rings is 1. The maximum absolute atomic E-state index is 11.3. The quantitative estimate of drug-likeness (QED) is 0.475. The number of aryl methyl sites for hydroxylation is 1. The van der Waals surface area contributed by atoms with Crippen molar-refractivity contribution in [2.75, 3.05) is 26.2 Å². The average molecular weight is 443 g/mol. The van der Waals surface area contributed by atoms with Crippen molar-refractivity contribution in [3.63, 3.8) is 0 Å². The summed E-state index contributed by atoms with van der Waals surface area (Å²) >= 11 is 0. The molecule has 0 atom stereocenters. The Kier molecular flexibility index (Phi) is 7.64. The summed E-state index contributed by atoms with van der Waals surface area (Å²) in [6.07, 6.45) is 4.69. The van der Waals surface area contributed by atoms with Crippen LogP contribution in [0.3, 0.4) is 0 Å². The number of nitrogens with two attached hydrogens (primary N) is 1. The maximum Gasteiger partial charge on any atom is 0.0920 e. The summed E-state index contributed by atoms with van der Waals surface area (Å²) in [7, 11) is 0. The Morgan fingerprint density at radius 3 is 1.88 bits per heavy atom. The molecule has 4 rings (SSSR count). The second kappa shape index (κ2) is 10.6. The van der Waals surface area contributed by atoms with Gasteiger partial charge in [0.05, 0.1) is 5.60 Å². The van der Waals surface area contributed by atoms with Crippen LogP contribution in [0.2, 0.25) is 0 Å². The lowest BCUT2D eigenvalue weighted by atomic mass is 9.71. The second-order valence-electron chi connectivity index (χ2n) is 9.55. The lowest BCUT2D eigenvalue weighted by Gasteiger charge is -2.39. The number of nitrogens with zero attached hydrogens (tertiary/aromatic N) is 1. The van der Waals surface area contributed by atoms with E-state index in [0.29, 0.717) is 6.54 Å². The van der Waals surface area contributed by atoms with Crippen LogP contribution in [0, 0.1) is 0 Å². The van der Waals surface area contributed by atoms with E-state index in [0.717, 1.165) is 57.3 Å². The van der Waals surface area contributed by atoms with E-state index in [1.54, 1.807) is 0 Å². The first-order valence-electron chi connectivity index (χ1n) is 12.4. The fourth-order valence-corrected chi connectivity index (χ4v) is 5.40. The second-order valence-corrected chi connectivity index (χ2v) is 9.55. The molecule has 174 valence electrons. The minimum absolute atomic E-state index is 0.167. The Morgan fingerprint density at radius 1 is 0.848 bits per heavy atom. The number of aliphatic hydroxyl groups is 1. The van der Waals surface area contributed by atoms with Gasteiger partial charge >= 0.3 is 0 Å². The van der Waals surface area contributed by atoms with Crippen LogP contribution in [0.15, 0.2) is 84.9 Å². The number of likely N-dealkylation sites (tertiary alicyclic amines) is 1. The maximum atomic E-state index is 11.3. The van der Waals surface area contributed by atoms with Gasteiger partial charge in [-0.05, 0) is 60.9 Å². The highest BCUT2D eigenvalue weighted by molar-refractivity contribution is 5.40. The molecule has 3 aromatic carbocycles. The third-order valence-electron chi connectivity index (χ3n) is 7.66. The summed E-state index contributed by atoms with van der Waals surface area (Å²) in [4.78, 5) is 2.51. The Balaban J connectivity index is 1.39. The minimum atomic E-state index is -0.697. The standard InChI is InChI=1S/C30H38N2O/c1-2-25-14-16-28(17-15-25)30(33)19-22-32(23-20-30)21-9-18-29(24-31,26-10-5-3-6-11-26)27-12-7-4-8-13-27/h3-8,10-17,33H,2,9,18-24,31H2,1H3. The predicted molar refractivity (Wildman–Crippen MR) is 137 cm³/mol. The van der Waals surface area contributed by atoms with Crippen molar-refractivity contribution in [1.29, 1.82) is 0 Å². The lowest BCUT2D eigenvalue weighted by molar-refractivity contribution is -0.0262. The first kappa shape index (κ1) is 23.7. The van der Waals surface area contributed by atoms with E-state index in [4.69, 9.17) is 5.73 Å². The lowest BCUT2D eigenvalue weighted by Crippen LogP contribution is -2.43. The van der Waals surface area contributed by atoms with Crippen molar-refractivity contribution in [2.45, 2.75) is 50.0 Å². The first-order valence-corrected chi connectivity index (χ1v) is 12.4. The Labute approximate surface area is 199 Å². The van der Waals surface area contributed by atoms with Crippen LogP contribution < -0.4 is 5.73 Å². The molecule has 0 spiro atoms. The van der Waals surface area contributed by atoms with E-state index in [1.807, 2.05) is 0 Å². The van der Waals surface area contributed by atoms with Crippen LogP contribution in [0.4, 0.5) is 0 Å². The van der Waals surface area contributed by atoms with Gasteiger partial charge in [-0.3, -0.25) is 0 Å². The zero-order valence-corrected chi connectivity index (χ0v) is 19.9. The van der Waals surface area contributed by atoms with Crippen molar-refractivity contribution in [1.82, 2.24) is 4.90 Å². The van der Waals surface area contributed by atoms with Gasteiger partial charge in [0, 0.05) is 25.0 Å². The topological polar surface area (TPSA) is 49.5 Å². The molecule has 0 radical (unpaired) electrons. The minimum Gasteiger partial charge on any atom is -0.385 e. The van der Waals surface area contributed by atoms with E-state index in [-0.39, 0.29) is 5.41 Å². The van der Waals surface area contributed by atoms with Gasteiger partial charge in [-0.1, -0.05) is 91.9 Å². The molecule has 0 saturated carbocycles. The summed E-state index contributed by atoms with van der Waals surface area (Å²) in [6, 6.07) is 30.0. The molecule has 1 aliphatic heterocycles. The van der Waals surface area contributed by atoms with Gasteiger partial charge in [0.1, 0.15) is 0 Å². The van der Waals surface area contributed by atoms with Gasteiger partial charge in [-0.2, -0.15) is 0 Å². The van der Waals surface area contributed by atoms with Crippen LogP contribution in [0.1, 0.15) is 54.9 Å². The van der Waals surface area contributed by atoms with Crippen molar-refractivity contribution in [3.8, 4) is 0 Å². The summed E-state index contributed by atoms with van der Waals surface area (Å²) in [5.41, 5.74) is 10.6. The molecule has 1 heterocycles. The van der Waals surface area contributed by atoms with Gasteiger partial charge in [0.25, 0.3) is 0 Å². The van der Waals surface area contributed by atoms with Gasteiger partial charge in [-0.15, -0.1) is 0 Å². The summed E-state index contributed by atoms with van der Waals surface area (Å²) < 4.78 is 0. The third-order valence-corrected chi connectivity index (χ3v) is 7.66. The van der Waals surface area contributed by atoms with E-state index in [1.165, 1.54) is 16.7 Å². The van der Waals surface area contributed by atoms with E-state index >= 15 is 0 Å². The summed E-state index contributed by atoms with van der Waals surface area (Å²) in [5.74, 6) is 0. The van der Waals surface area contributed by atoms with Crippen molar-refractivity contribution >= 4 is 0 Å². The third kappa shape index (κ3) is 5.22. The molecule has 3 N–H and O–H groups in total. The highest BCUT2D eigenvalue weighted by Gasteiger charge is 2.35. The van der Waals surface area contributed by atoms with Crippen molar-refractivity contribution in [3.05, 3.63) is 107 Å². The smallest absolute Gasteiger partial charge is 0.0920 e. The number of hydrogen-bond donors (Lipinski definition) is 2. The zero-order chi connectivity index (χ0) is 23.2. The Bertz CT molecular complexity index is 937. The fraction of sp³-hybridized carbons (Fsp3) is 0.400. The number of rotatable bonds is 9. The van der Waals surface area contributed by atoms with Crippen LogP contribution in [-0.2, 0) is 17.4 Å². The predicted octanol–water partition coefficient (Wildman–Crippen LogP) is 5.26. The Hall–Kier alpha value is -2.46.